The van der Waals surface area contributed by atoms with Crippen molar-refractivity contribution in [2.45, 2.75) is 46.2 Å². The summed E-state index contributed by atoms with van der Waals surface area (Å²) in [4.78, 5) is 17.2. The van der Waals surface area contributed by atoms with Crippen LogP contribution >= 0.6 is 0 Å². The van der Waals surface area contributed by atoms with Crippen molar-refractivity contribution in [1.82, 2.24) is 14.9 Å². The fourth-order valence-electron chi connectivity index (χ4n) is 3.89. The van der Waals surface area contributed by atoms with E-state index in [1.165, 1.54) is 16.7 Å². The lowest BCUT2D eigenvalue weighted by atomic mass is 10.1. The number of aromatic nitrogens is 2. The number of carbonyl (C=O) groups is 1. The Hall–Kier alpha value is -3.60. The van der Waals surface area contributed by atoms with Crippen molar-refractivity contribution in [2.24, 2.45) is 0 Å². The number of ether oxygens (including phenoxy) is 1. The molecule has 0 saturated heterocycles. The van der Waals surface area contributed by atoms with Gasteiger partial charge in [0.05, 0.1) is 24.2 Å². The number of imidazole rings is 1. The maximum atomic E-state index is 12.4. The highest BCUT2D eigenvalue weighted by atomic mass is 16.5. The topological polar surface area (TPSA) is 56.1 Å². The second-order valence-electron chi connectivity index (χ2n) is 8.38. The molecule has 0 aliphatic heterocycles. The Balaban J connectivity index is 1.34. The van der Waals surface area contributed by atoms with Crippen molar-refractivity contribution in [3.63, 3.8) is 0 Å². The van der Waals surface area contributed by atoms with Crippen LogP contribution in [-0.4, -0.2) is 22.1 Å². The maximum absolute atomic E-state index is 12.4. The summed E-state index contributed by atoms with van der Waals surface area (Å²) in [6.45, 7) is 6.02. The van der Waals surface area contributed by atoms with Crippen LogP contribution in [0.3, 0.4) is 0 Å². The van der Waals surface area contributed by atoms with E-state index >= 15 is 0 Å². The quantitative estimate of drug-likeness (QED) is 0.337. The smallest absolute Gasteiger partial charge is 0.220 e. The molecule has 0 aliphatic rings. The van der Waals surface area contributed by atoms with E-state index in [0.29, 0.717) is 19.6 Å². The highest BCUT2D eigenvalue weighted by Gasteiger charge is 2.12. The Morgan fingerprint density at radius 3 is 2.58 bits per heavy atom. The van der Waals surface area contributed by atoms with Gasteiger partial charge in [-0.15, -0.1) is 0 Å². The summed E-state index contributed by atoms with van der Waals surface area (Å²) in [5, 5.41) is 3.04. The van der Waals surface area contributed by atoms with Gasteiger partial charge in [-0.1, -0.05) is 48.5 Å². The number of amides is 1. The van der Waals surface area contributed by atoms with Gasteiger partial charge in [0.25, 0.3) is 0 Å². The lowest BCUT2D eigenvalue weighted by Gasteiger charge is -2.12. The SMILES string of the molecule is Cc1ccc(OCCCn2c(CNC(=O)CCc3ccccc3)nc3ccccc32)cc1C. The molecular weight excluding hydrogens is 410 g/mol. The van der Waals surface area contributed by atoms with Crippen LogP contribution in [0.5, 0.6) is 5.75 Å². The van der Waals surface area contributed by atoms with Gasteiger partial charge in [-0.2, -0.15) is 0 Å². The third-order valence-electron chi connectivity index (χ3n) is 5.93. The Labute approximate surface area is 195 Å². The van der Waals surface area contributed by atoms with Crippen molar-refractivity contribution < 1.29 is 9.53 Å². The van der Waals surface area contributed by atoms with Gasteiger partial charge >= 0.3 is 0 Å². The molecule has 0 unspecified atom stereocenters. The van der Waals surface area contributed by atoms with Crippen LogP contribution in [0.25, 0.3) is 11.0 Å². The van der Waals surface area contributed by atoms with Crippen molar-refractivity contribution >= 4 is 16.9 Å². The molecule has 0 saturated carbocycles. The van der Waals surface area contributed by atoms with E-state index in [1.807, 2.05) is 54.6 Å². The highest BCUT2D eigenvalue weighted by molar-refractivity contribution is 5.77. The monoisotopic (exact) mass is 441 g/mol. The molecule has 5 heteroatoms. The van der Waals surface area contributed by atoms with Gasteiger partial charge < -0.3 is 14.6 Å². The molecule has 0 aliphatic carbocycles. The van der Waals surface area contributed by atoms with Crippen LogP contribution in [0, 0.1) is 13.8 Å². The van der Waals surface area contributed by atoms with Crippen molar-refractivity contribution in [1.29, 1.82) is 0 Å². The molecule has 1 heterocycles. The predicted molar refractivity (Wildman–Crippen MR) is 132 cm³/mol. The molecule has 5 nitrogen and oxygen atoms in total. The highest BCUT2D eigenvalue weighted by Crippen LogP contribution is 2.19. The molecule has 170 valence electrons. The standard InChI is InChI=1S/C28H31N3O2/c1-21-13-15-24(19-22(21)2)33-18-8-17-31-26-12-7-6-11-25(26)30-27(31)20-29-28(32)16-14-23-9-4-3-5-10-23/h3-7,9-13,15,19H,8,14,16-18,20H2,1-2H3,(H,29,32). The summed E-state index contributed by atoms with van der Waals surface area (Å²) in [5.41, 5.74) is 5.70. The van der Waals surface area contributed by atoms with E-state index in [4.69, 9.17) is 9.72 Å². The summed E-state index contributed by atoms with van der Waals surface area (Å²) in [5.74, 6) is 1.81. The number of hydrogen-bond donors (Lipinski definition) is 1. The van der Waals surface area contributed by atoms with Crippen LogP contribution < -0.4 is 10.1 Å². The zero-order valence-electron chi connectivity index (χ0n) is 19.4. The lowest BCUT2D eigenvalue weighted by Crippen LogP contribution is -2.25. The molecule has 0 radical (unpaired) electrons. The third kappa shape index (κ3) is 6.01. The molecule has 4 aromatic rings. The molecule has 1 amide bonds. The van der Waals surface area contributed by atoms with E-state index in [9.17, 15) is 4.79 Å². The van der Waals surface area contributed by atoms with Gasteiger partial charge in [0.15, 0.2) is 0 Å². The Kier molecular flexibility index (Phi) is 7.40. The minimum absolute atomic E-state index is 0.0375. The Morgan fingerprint density at radius 1 is 0.970 bits per heavy atom. The Morgan fingerprint density at radius 2 is 1.76 bits per heavy atom. The van der Waals surface area contributed by atoms with Crippen molar-refractivity contribution in [3.05, 3.63) is 95.3 Å². The van der Waals surface area contributed by atoms with Crippen LogP contribution in [0.15, 0.2) is 72.8 Å². The molecule has 4 rings (SSSR count). The number of benzene rings is 3. The zero-order valence-corrected chi connectivity index (χ0v) is 19.4. The molecule has 0 bridgehead atoms. The second kappa shape index (κ2) is 10.8. The summed E-state index contributed by atoms with van der Waals surface area (Å²) in [7, 11) is 0. The number of nitrogens with one attached hydrogen (secondary N) is 1. The normalized spacial score (nSPS) is 11.0. The minimum atomic E-state index is 0.0375. The van der Waals surface area contributed by atoms with E-state index < -0.39 is 0 Å². The number of rotatable bonds is 10. The zero-order chi connectivity index (χ0) is 23.0. The van der Waals surface area contributed by atoms with E-state index in [0.717, 1.165) is 42.0 Å². The minimum Gasteiger partial charge on any atom is -0.494 e. The second-order valence-corrected chi connectivity index (χ2v) is 8.38. The molecule has 1 N–H and O–H groups in total. The summed E-state index contributed by atoms with van der Waals surface area (Å²) < 4.78 is 8.15. The summed E-state index contributed by atoms with van der Waals surface area (Å²) in [6, 6.07) is 24.4. The van der Waals surface area contributed by atoms with Crippen LogP contribution in [0.1, 0.15) is 35.4 Å². The van der Waals surface area contributed by atoms with Gasteiger partial charge in [-0.3, -0.25) is 4.79 Å². The van der Waals surface area contributed by atoms with Gasteiger partial charge in [0, 0.05) is 13.0 Å². The number of fused-ring (bicyclic) bond motifs is 1. The lowest BCUT2D eigenvalue weighted by molar-refractivity contribution is -0.121. The number of nitrogens with zero attached hydrogens (tertiary/aromatic N) is 2. The first-order chi connectivity index (χ1) is 16.1. The fourth-order valence-corrected chi connectivity index (χ4v) is 3.89. The van der Waals surface area contributed by atoms with Crippen molar-refractivity contribution in [3.8, 4) is 5.75 Å². The van der Waals surface area contributed by atoms with Crippen LogP contribution in [-0.2, 0) is 24.3 Å². The van der Waals surface area contributed by atoms with Crippen LogP contribution in [0.4, 0.5) is 0 Å². The van der Waals surface area contributed by atoms with Gasteiger partial charge in [0.2, 0.25) is 5.91 Å². The molecule has 3 aromatic carbocycles. The molecule has 0 fully saturated rings. The number of para-hydroxylation sites is 2. The first kappa shape index (κ1) is 22.6. The molecular formula is C28H31N3O2. The first-order valence-corrected chi connectivity index (χ1v) is 11.5. The van der Waals surface area contributed by atoms with Gasteiger partial charge in [-0.25, -0.2) is 4.98 Å². The van der Waals surface area contributed by atoms with E-state index in [-0.39, 0.29) is 5.91 Å². The summed E-state index contributed by atoms with van der Waals surface area (Å²) in [6.07, 6.45) is 2.05. The number of carbonyl (C=O) groups excluding carboxylic acids is 1. The Bertz CT molecular complexity index is 1210. The molecule has 1 aromatic heterocycles. The van der Waals surface area contributed by atoms with Crippen molar-refractivity contribution in [2.75, 3.05) is 6.61 Å². The number of aryl methyl sites for hydroxylation is 4. The molecule has 33 heavy (non-hydrogen) atoms. The average Bonchev–Trinajstić information content (AvgIpc) is 3.19. The predicted octanol–water partition coefficient (Wildman–Crippen LogP) is 5.37. The molecule has 0 spiro atoms. The van der Waals surface area contributed by atoms with Gasteiger partial charge in [0.1, 0.15) is 11.6 Å². The van der Waals surface area contributed by atoms with Crippen LogP contribution in [0.2, 0.25) is 0 Å². The summed E-state index contributed by atoms with van der Waals surface area (Å²) >= 11 is 0. The largest absolute Gasteiger partial charge is 0.494 e. The maximum Gasteiger partial charge on any atom is 0.220 e. The van der Waals surface area contributed by atoms with E-state index in [2.05, 4.69) is 41.9 Å². The molecule has 0 atom stereocenters. The van der Waals surface area contributed by atoms with E-state index in [1.54, 1.807) is 0 Å². The number of hydrogen-bond acceptors (Lipinski definition) is 3. The third-order valence-corrected chi connectivity index (χ3v) is 5.93. The van der Waals surface area contributed by atoms with Gasteiger partial charge in [-0.05, 0) is 67.6 Å². The first-order valence-electron chi connectivity index (χ1n) is 11.5. The average molecular weight is 442 g/mol. The fraction of sp³-hybridized carbons (Fsp3) is 0.286.